The van der Waals surface area contributed by atoms with Gasteiger partial charge in [-0.3, -0.25) is 9.69 Å². The number of sulfone groups is 1. The Bertz CT molecular complexity index is 938. The largest absolute Gasteiger partial charge is 0.447 e. The molecule has 0 saturated carbocycles. The summed E-state index contributed by atoms with van der Waals surface area (Å²) >= 11 is 0. The van der Waals surface area contributed by atoms with Gasteiger partial charge in [0.15, 0.2) is 9.84 Å². The lowest BCUT2D eigenvalue weighted by molar-refractivity contribution is 0.102. The molecular weight excluding hydrogens is 356 g/mol. The van der Waals surface area contributed by atoms with Gasteiger partial charge in [-0.15, -0.1) is 0 Å². The Hall–Kier alpha value is -2.87. The van der Waals surface area contributed by atoms with Crippen LogP contribution in [0.4, 0.5) is 16.2 Å². The Labute approximate surface area is 151 Å². The third-order valence-corrected chi connectivity index (χ3v) is 5.78. The van der Waals surface area contributed by atoms with Crippen molar-refractivity contribution < 1.29 is 22.7 Å². The zero-order chi connectivity index (χ0) is 18.7. The Morgan fingerprint density at radius 3 is 2.54 bits per heavy atom. The van der Waals surface area contributed by atoms with Crippen LogP contribution in [0.2, 0.25) is 0 Å². The minimum Gasteiger partial charge on any atom is -0.447 e. The highest BCUT2D eigenvalue weighted by Crippen LogP contribution is 2.23. The van der Waals surface area contributed by atoms with Gasteiger partial charge in [0.25, 0.3) is 5.91 Å². The fraction of sp³-hybridized carbons (Fsp3) is 0.222. The number of hydrogen-bond donors (Lipinski definition) is 1. The normalized spacial score (nSPS) is 14.2. The van der Waals surface area contributed by atoms with E-state index in [0.29, 0.717) is 30.1 Å². The average molecular weight is 374 g/mol. The van der Waals surface area contributed by atoms with Gasteiger partial charge in [-0.05, 0) is 42.5 Å². The standard InChI is InChI=1S/C18H18N2O5S/c1-2-26(23,24)16-8-6-13(7-9-16)17(21)19-14-4-3-5-15(12-14)20-10-11-25-18(20)22/h3-9,12H,2,10-11H2,1H3,(H,19,21). The third kappa shape index (κ3) is 3.70. The number of nitrogens with one attached hydrogen (secondary N) is 1. The quantitative estimate of drug-likeness (QED) is 0.869. The van der Waals surface area contributed by atoms with Gasteiger partial charge in [0.2, 0.25) is 0 Å². The molecule has 8 heteroatoms. The van der Waals surface area contributed by atoms with Crippen LogP contribution in [0.15, 0.2) is 53.4 Å². The maximum absolute atomic E-state index is 12.4. The zero-order valence-electron chi connectivity index (χ0n) is 14.1. The predicted molar refractivity (Wildman–Crippen MR) is 97.3 cm³/mol. The van der Waals surface area contributed by atoms with Crippen LogP contribution in [0.3, 0.4) is 0 Å². The van der Waals surface area contributed by atoms with Crippen molar-refractivity contribution in [1.82, 2.24) is 0 Å². The second kappa shape index (κ2) is 7.17. The molecule has 7 nitrogen and oxygen atoms in total. The Morgan fingerprint density at radius 1 is 1.19 bits per heavy atom. The van der Waals surface area contributed by atoms with Crippen LogP contribution in [0, 0.1) is 0 Å². The SMILES string of the molecule is CCS(=O)(=O)c1ccc(C(=O)Nc2cccc(N3CCOC3=O)c2)cc1. The number of benzene rings is 2. The van der Waals surface area contributed by atoms with Crippen molar-refractivity contribution in [1.29, 1.82) is 0 Å². The molecule has 1 heterocycles. The van der Waals surface area contributed by atoms with Crippen LogP contribution >= 0.6 is 0 Å². The summed E-state index contributed by atoms with van der Waals surface area (Å²) in [5, 5.41) is 2.74. The van der Waals surface area contributed by atoms with Gasteiger partial charge in [0.1, 0.15) is 6.61 Å². The van der Waals surface area contributed by atoms with Crippen LogP contribution in [-0.4, -0.2) is 39.3 Å². The molecule has 0 unspecified atom stereocenters. The first-order valence-corrected chi connectivity index (χ1v) is 9.74. The van der Waals surface area contributed by atoms with Gasteiger partial charge in [-0.25, -0.2) is 13.2 Å². The molecule has 1 aliphatic heterocycles. The maximum Gasteiger partial charge on any atom is 0.414 e. The summed E-state index contributed by atoms with van der Waals surface area (Å²) in [6.07, 6.45) is -0.416. The molecule has 0 spiro atoms. The smallest absolute Gasteiger partial charge is 0.414 e. The monoisotopic (exact) mass is 374 g/mol. The molecule has 1 aliphatic rings. The molecule has 1 N–H and O–H groups in total. The van der Waals surface area contributed by atoms with Gasteiger partial charge >= 0.3 is 6.09 Å². The molecule has 136 valence electrons. The highest BCUT2D eigenvalue weighted by Gasteiger charge is 2.23. The van der Waals surface area contributed by atoms with E-state index in [9.17, 15) is 18.0 Å². The molecule has 0 radical (unpaired) electrons. The lowest BCUT2D eigenvalue weighted by Crippen LogP contribution is -2.23. The van der Waals surface area contributed by atoms with E-state index in [4.69, 9.17) is 4.74 Å². The summed E-state index contributed by atoms with van der Waals surface area (Å²) in [4.78, 5) is 25.7. The van der Waals surface area contributed by atoms with Crippen LogP contribution in [0.25, 0.3) is 0 Å². The summed E-state index contributed by atoms with van der Waals surface area (Å²) in [6, 6.07) is 12.7. The number of anilines is 2. The van der Waals surface area contributed by atoms with E-state index in [-0.39, 0.29) is 16.6 Å². The van der Waals surface area contributed by atoms with E-state index in [1.807, 2.05) is 0 Å². The fourth-order valence-corrected chi connectivity index (χ4v) is 3.45. The van der Waals surface area contributed by atoms with Crippen molar-refractivity contribution in [3.8, 4) is 0 Å². The third-order valence-electron chi connectivity index (χ3n) is 4.03. The summed E-state index contributed by atoms with van der Waals surface area (Å²) in [5.41, 5.74) is 1.50. The second-order valence-corrected chi connectivity index (χ2v) is 7.98. The molecule has 0 bridgehead atoms. The number of carbonyl (C=O) groups is 2. The van der Waals surface area contributed by atoms with Gasteiger partial charge < -0.3 is 10.1 Å². The predicted octanol–water partition coefficient (Wildman–Crippen LogP) is 2.69. The second-order valence-electron chi connectivity index (χ2n) is 5.70. The van der Waals surface area contributed by atoms with E-state index in [2.05, 4.69) is 5.32 Å². The van der Waals surface area contributed by atoms with E-state index < -0.39 is 15.9 Å². The molecular formula is C18H18N2O5S. The summed E-state index contributed by atoms with van der Waals surface area (Å²) < 4.78 is 28.5. The van der Waals surface area contributed by atoms with Gasteiger partial charge in [-0.2, -0.15) is 0 Å². The number of ether oxygens (including phenoxy) is 1. The zero-order valence-corrected chi connectivity index (χ0v) is 15.0. The highest BCUT2D eigenvalue weighted by molar-refractivity contribution is 7.91. The van der Waals surface area contributed by atoms with Gasteiger partial charge in [-0.1, -0.05) is 13.0 Å². The molecule has 0 aliphatic carbocycles. The van der Waals surface area contributed by atoms with E-state index in [0.717, 1.165) is 0 Å². The first kappa shape index (κ1) is 17.9. The lowest BCUT2D eigenvalue weighted by Gasteiger charge is -2.14. The van der Waals surface area contributed by atoms with E-state index in [1.165, 1.54) is 29.2 Å². The van der Waals surface area contributed by atoms with Crippen molar-refractivity contribution in [3.05, 3.63) is 54.1 Å². The number of cyclic esters (lactones) is 1. The molecule has 1 fully saturated rings. The minimum atomic E-state index is -3.30. The van der Waals surface area contributed by atoms with Crippen molar-refractivity contribution in [2.75, 3.05) is 29.1 Å². The molecule has 2 aromatic rings. The highest BCUT2D eigenvalue weighted by atomic mass is 32.2. The van der Waals surface area contributed by atoms with Gasteiger partial charge in [0, 0.05) is 16.9 Å². The van der Waals surface area contributed by atoms with Crippen molar-refractivity contribution in [2.24, 2.45) is 0 Å². The van der Waals surface area contributed by atoms with E-state index in [1.54, 1.807) is 31.2 Å². The molecule has 3 rings (SSSR count). The number of hydrogen-bond acceptors (Lipinski definition) is 5. The lowest BCUT2D eigenvalue weighted by atomic mass is 10.2. The first-order chi connectivity index (χ1) is 12.4. The van der Waals surface area contributed by atoms with Crippen LogP contribution < -0.4 is 10.2 Å². The van der Waals surface area contributed by atoms with E-state index >= 15 is 0 Å². The fourth-order valence-electron chi connectivity index (χ4n) is 2.56. The van der Waals surface area contributed by atoms with Gasteiger partial charge in [0.05, 0.1) is 17.2 Å². The average Bonchev–Trinajstić information content (AvgIpc) is 3.08. The Balaban J connectivity index is 1.75. The molecule has 0 aromatic heterocycles. The maximum atomic E-state index is 12.4. The topological polar surface area (TPSA) is 92.8 Å². The number of amides is 2. The first-order valence-electron chi connectivity index (χ1n) is 8.09. The van der Waals surface area contributed by atoms with Crippen LogP contribution in [0.5, 0.6) is 0 Å². The Kier molecular flexibility index (Phi) is 4.94. The summed E-state index contributed by atoms with van der Waals surface area (Å²) in [5.74, 6) is -0.365. The van der Waals surface area contributed by atoms with Crippen molar-refractivity contribution in [3.63, 3.8) is 0 Å². The molecule has 1 saturated heterocycles. The van der Waals surface area contributed by atoms with Crippen molar-refractivity contribution in [2.45, 2.75) is 11.8 Å². The number of rotatable bonds is 5. The minimum absolute atomic E-state index is 0.00424. The Morgan fingerprint density at radius 2 is 1.92 bits per heavy atom. The van der Waals surface area contributed by atoms with Crippen LogP contribution in [0.1, 0.15) is 17.3 Å². The van der Waals surface area contributed by atoms with Crippen LogP contribution in [-0.2, 0) is 14.6 Å². The summed E-state index contributed by atoms with van der Waals surface area (Å²) in [6.45, 7) is 2.37. The van der Waals surface area contributed by atoms with Crippen molar-refractivity contribution >= 4 is 33.2 Å². The number of carbonyl (C=O) groups excluding carboxylic acids is 2. The molecule has 26 heavy (non-hydrogen) atoms. The molecule has 2 amide bonds. The number of nitrogens with zero attached hydrogens (tertiary/aromatic N) is 1. The molecule has 0 atom stereocenters. The molecule has 2 aromatic carbocycles. The summed E-state index contributed by atoms with van der Waals surface area (Å²) in [7, 11) is -3.30.